The van der Waals surface area contributed by atoms with Gasteiger partial charge in [0, 0.05) is 12.7 Å². The maximum Gasteiger partial charge on any atom is 0.0948 e. The SMILES string of the molecule is CC(C)C(Cn1cncc1CCl)C(C)C. The highest BCUT2D eigenvalue weighted by Crippen LogP contribution is 2.23. The van der Waals surface area contributed by atoms with E-state index in [1.54, 1.807) is 0 Å². The van der Waals surface area contributed by atoms with Gasteiger partial charge in [0.25, 0.3) is 0 Å². The third-order valence-corrected chi connectivity index (χ3v) is 3.33. The maximum atomic E-state index is 5.86. The molecule has 0 saturated carbocycles. The fourth-order valence-electron chi connectivity index (χ4n) is 2.04. The van der Waals surface area contributed by atoms with Gasteiger partial charge >= 0.3 is 0 Å². The average molecular weight is 229 g/mol. The first-order valence-corrected chi connectivity index (χ1v) is 6.14. The zero-order valence-corrected chi connectivity index (χ0v) is 10.8. The molecule has 0 bridgehead atoms. The highest BCUT2D eigenvalue weighted by molar-refractivity contribution is 6.16. The Hall–Kier alpha value is -0.500. The zero-order chi connectivity index (χ0) is 11.4. The van der Waals surface area contributed by atoms with Gasteiger partial charge in [0.15, 0.2) is 0 Å². The predicted octanol–water partition coefficient (Wildman–Crippen LogP) is 3.55. The molecule has 1 aromatic rings. The number of hydrogen-bond acceptors (Lipinski definition) is 1. The van der Waals surface area contributed by atoms with Crippen LogP contribution < -0.4 is 0 Å². The monoisotopic (exact) mass is 228 g/mol. The van der Waals surface area contributed by atoms with Crippen LogP contribution in [0.4, 0.5) is 0 Å². The lowest BCUT2D eigenvalue weighted by atomic mass is 9.85. The Labute approximate surface area is 97.7 Å². The molecule has 0 amide bonds. The van der Waals surface area contributed by atoms with Crippen LogP contribution in [0, 0.1) is 17.8 Å². The Balaban J connectivity index is 2.74. The lowest BCUT2D eigenvalue weighted by Crippen LogP contribution is -2.22. The Morgan fingerprint density at radius 2 is 1.87 bits per heavy atom. The summed E-state index contributed by atoms with van der Waals surface area (Å²) in [4.78, 5) is 4.14. The van der Waals surface area contributed by atoms with Crippen molar-refractivity contribution in [1.29, 1.82) is 0 Å². The summed E-state index contributed by atoms with van der Waals surface area (Å²) in [5.41, 5.74) is 1.11. The molecule has 1 rings (SSSR count). The van der Waals surface area contributed by atoms with Crippen molar-refractivity contribution in [3.05, 3.63) is 18.2 Å². The summed E-state index contributed by atoms with van der Waals surface area (Å²) >= 11 is 5.86. The Morgan fingerprint density at radius 3 is 2.33 bits per heavy atom. The van der Waals surface area contributed by atoms with Gasteiger partial charge in [0.2, 0.25) is 0 Å². The van der Waals surface area contributed by atoms with Crippen LogP contribution in [0.3, 0.4) is 0 Å². The van der Waals surface area contributed by atoms with Crippen molar-refractivity contribution in [2.75, 3.05) is 0 Å². The third-order valence-electron chi connectivity index (χ3n) is 3.06. The molecule has 15 heavy (non-hydrogen) atoms. The van der Waals surface area contributed by atoms with E-state index in [1.165, 1.54) is 0 Å². The van der Waals surface area contributed by atoms with Gasteiger partial charge in [-0.2, -0.15) is 0 Å². The number of rotatable bonds is 5. The summed E-state index contributed by atoms with van der Waals surface area (Å²) in [6.45, 7) is 10.1. The van der Waals surface area contributed by atoms with Crippen molar-refractivity contribution < 1.29 is 0 Å². The van der Waals surface area contributed by atoms with Crippen molar-refractivity contribution in [1.82, 2.24) is 9.55 Å². The Morgan fingerprint density at radius 1 is 1.27 bits per heavy atom. The van der Waals surface area contributed by atoms with Crippen LogP contribution in [-0.4, -0.2) is 9.55 Å². The van der Waals surface area contributed by atoms with E-state index in [4.69, 9.17) is 11.6 Å². The van der Waals surface area contributed by atoms with E-state index in [9.17, 15) is 0 Å². The molecule has 0 unspecified atom stereocenters. The summed E-state index contributed by atoms with van der Waals surface area (Å²) < 4.78 is 2.18. The highest BCUT2D eigenvalue weighted by Gasteiger charge is 2.18. The minimum atomic E-state index is 0.545. The van der Waals surface area contributed by atoms with Crippen molar-refractivity contribution in [2.24, 2.45) is 17.8 Å². The average Bonchev–Trinajstić information content (AvgIpc) is 2.59. The number of nitrogens with zero attached hydrogens (tertiary/aromatic N) is 2. The summed E-state index contributed by atoms with van der Waals surface area (Å²) in [5, 5.41) is 0. The standard InChI is InChI=1S/C12H21ClN2/c1-9(2)12(10(3)4)7-15-8-14-6-11(15)5-13/h6,8-10,12H,5,7H2,1-4H3. The number of alkyl halides is 1. The first-order valence-electron chi connectivity index (χ1n) is 5.61. The lowest BCUT2D eigenvalue weighted by molar-refractivity contribution is 0.250. The quantitative estimate of drug-likeness (QED) is 0.705. The molecule has 86 valence electrons. The molecular formula is C12H21ClN2. The lowest BCUT2D eigenvalue weighted by Gasteiger charge is -2.25. The van der Waals surface area contributed by atoms with Gasteiger partial charge in [-0.05, 0) is 17.8 Å². The minimum absolute atomic E-state index is 0.545. The summed E-state index contributed by atoms with van der Waals surface area (Å²) in [6.07, 6.45) is 3.74. The largest absolute Gasteiger partial charge is 0.333 e. The molecule has 0 N–H and O–H groups in total. The molecule has 0 saturated heterocycles. The highest BCUT2D eigenvalue weighted by atomic mass is 35.5. The number of hydrogen-bond donors (Lipinski definition) is 0. The smallest absolute Gasteiger partial charge is 0.0948 e. The van der Waals surface area contributed by atoms with E-state index in [-0.39, 0.29) is 0 Å². The molecule has 0 aliphatic heterocycles. The Bertz CT molecular complexity index is 284. The van der Waals surface area contributed by atoms with Crippen molar-refractivity contribution in [3.63, 3.8) is 0 Å². The summed E-state index contributed by atoms with van der Waals surface area (Å²) in [7, 11) is 0. The van der Waals surface area contributed by atoms with Crippen LogP contribution in [0.2, 0.25) is 0 Å². The third kappa shape index (κ3) is 3.23. The fourth-order valence-corrected chi connectivity index (χ4v) is 2.26. The number of aromatic nitrogens is 2. The molecule has 1 heterocycles. The van der Waals surface area contributed by atoms with Gasteiger partial charge < -0.3 is 4.57 Å². The molecule has 0 atom stereocenters. The molecule has 0 spiro atoms. The number of imidazole rings is 1. The van der Waals surface area contributed by atoms with Gasteiger partial charge in [-0.1, -0.05) is 27.7 Å². The second-order valence-corrected chi connectivity index (χ2v) is 5.09. The van der Waals surface area contributed by atoms with Crippen LogP contribution >= 0.6 is 11.6 Å². The van der Waals surface area contributed by atoms with Gasteiger partial charge in [-0.25, -0.2) is 4.98 Å². The summed E-state index contributed by atoms with van der Waals surface area (Å²) in [5.74, 6) is 2.61. The van der Waals surface area contributed by atoms with Gasteiger partial charge in [-0.15, -0.1) is 11.6 Å². The molecule has 0 radical (unpaired) electrons. The molecule has 1 aromatic heterocycles. The molecule has 2 nitrogen and oxygen atoms in total. The molecule has 0 aliphatic rings. The molecule has 0 aromatic carbocycles. The fraction of sp³-hybridized carbons (Fsp3) is 0.750. The number of halogens is 1. The first kappa shape index (κ1) is 12.6. The normalized spacial score (nSPS) is 12.0. The Kier molecular flexibility index (Phi) is 4.65. The maximum absolute atomic E-state index is 5.86. The van der Waals surface area contributed by atoms with E-state index in [2.05, 4.69) is 37.2 Å². The van der Waals surface area contributed by atoms with Gasteiger partial charge in [0.1, 0.15) is 0 Å². The zero-order valence-electron chi connectivity index (χ0n) is 10.1. The predicted molar refractivity (Wildman–Crippen MR) is 65.0 cm³/mol. The van der Waals surface area contributed by atoms with Gasteiger partial charge in [0.05, 0.1) is 17.9 Å². The molecule has 0 fully saturated rings. The minimum Gasteiger partial charge on any atom is -0.333 e. The van der Waals surface area contributed by atoms with E-state index >= 15 is 0 Å². The van der Waals surface area contributed by atoms with Crippen LogP contribution in [-0.2, 0) is 12.4 Å². The van der Waals surface area contributed by atoms with Crippen LogP contribution in [0.25, 0.3) is 0 Å². The molecule has 3 heteroatoms. The van der Waals surface area contributed by atoms with Crippen molar-refractivity contribution in [2.45, 2.75) is 40.1 Å². The second kappa shape index (κ2) is 5.55. The van der Waals surface area contributed by atoms with E-state index < -0.39 is 0 Å². The van der Waals surface area contributed by atoms with Gasteiger partial charge in [-0.3, -0.25) is 0 Å². The van der Waals surface area contributed by atoms with Crippen molar-refractivity contribution >= 4 is 11.6 Å². The second-order valence-electron chi connectivity index (χ2n) is 4.82. The van der Waals surface area contributed by atoms with Crippen LogP contribution in [0.5, 0.6) is 0 Å². The van der Waals surface area contributed by atoms with Crippen LogP contribution in [0.1, 0.15) is 33.4 Å². The first-order chi connectivity index (χ1) is 7.06. The summed E-state index contributed by atoms with van der Waals surface area (Å²) in [6, 6.07) is 0. The van der Waals surface area contributed by atoms with Crippen molar-refractivity contribution in [3.8, 4) is 0 Å². The topological polar surface area (TPSA) is 17.8 Å². The molecule has 0 aliphatic carbocycles. The van der Waals surface area contributed by atoms with E-state index in [1.807, 2.05) is 12.5 Å². The van der Waals surface area contributed by atoms with E-state index in [0.717, 1.165) is 12.2 Å². The molecular weight excluding hydrogens is 208 g/mol. The van der Waals surface area contributed by atoms with E-state index in [0.29, 0.717) is 23.6 Å². The van der Waals surface area contributed by atoms with Crippen LogP contribution in [0.15, 0.2) is 12.5 Å².